The Morgan fingerprint density at radius 2 is 1.34 bits per heavy atom. The number of pyridine rings is 1. The van der Waals surface area contributed by atoms with Crippen LogP contribution in [0.25, 0.3) is 0 Å². The topological polar surface area (TPSA) is 94.6 Å². The molecule has 4 rings (SSSR count). The molecule has 0 aliphatic heterocycles. The van der Waals surface area contributed by atoms with Crippen molar-refractivity contribution in [3.8, 4) is 11.5 Å². The average Bonchev–Trinajstić information content (AvgIpc) is 2.84. The SMILES string of the molecule is Cc1cccc(S(=O)(=O)NC(c2ccc(Cl)cc2)P(=O)(Oc2ccccc2)Oc2ccccc2)n1. The summed E-state index contributed by atoms with van der Waals surface area (Å²) in [4.78, 5) is 4.11. The van der Waals surface area contributed by atoms with E-state index in [1.807, 2.05) is 0 Å². The van der Waals surface area contributed by atoms with E-state index in [0.29, 0.717) is 16.3 Å². The predicted molar refractivity (Wildman–Crippen MR) is 135 cm³/mol. The fourth-order valence-corrected chi connectivity index (χ4v) is 6.96. The van der Waals surface area contributed by atoms with E-state index >= 15 is 0 Å². The molecule has 1 N–H and O–H groups in total. The van der Waals surface area contributed by atoms with E-state index in [1.165, 1.54) is 6.07 Å². The fourth-order valence-electron chi connectivity index (χ4n) is 3.22. The summed E-state index contributed by atoms with van der Waals surface area (Å²) >= 11 is 6.06. The number of rotatable bonds is 9. The molecule has 0 radical (unpaired) electrons. The zero-order chi connectivity index (χ0) is 24.9. The lowest BCUT2D eigenvalue weighted by Crippen LogP contribution is -2.31. The summed E-state index contributed by atoms with van der Waals surface area (Å²) in [6.07, 6.45) is 0. The Balaban J connectivity index is 1.83. The zero-order valence-corrected chi connectivity index (χ0v) is 21.1. The fraction of sp³-hybridized carbons (Fsp3) is 0.0800. The first-order chi connectivity index (χ1) is 16.7. The summed E-state index contributed by atoms with van der Waals surface area (Å²) in [6, 6.07) is 27.7. The molecule has 0 aliphatic rings. The molecular weight excluding hydrogens is 507 g/mol. The van der Waals surface area contributed by atoms with Crippen LogP contribution >= 0.6 is 19.2 Å². The van der Waals surface area contributed by atoms with Gasteiger partial charge in [0.2, 0.25) is 0 Å². The maximum absolute atomic E-state index is 14.5. The van der Waals surface area contributed by atoms with Crippen LogP contribution in [-0.4, -0.2) is 13.4 Å². The largest absolute Gasteiger partial charge is 0.453 e. The molecule has 0 saturated carbocycles. The average molecular weight is 529 g/mol. The molecule has 3 aromatic carbocycles. The van der Waals surface area contributed by atoms with Crippen LogP contribution in [0, 0.1) is 6.92 Å². The van der Waals surface area contributed by atoms with Crippen molar-refractivity contribution in [2.24, 2.45) is 0 Å². The molecule has 180 valence electrons. The number of aryl methyl sites for hydroxylation is 1. The molecule has 7 nitrogen and oxygen atoms in total. The number of nitrogens with one attached hydrogen (secondary N) is 1. The monoisotopic (exact) mass is 528 g/mol. The Morgan fingerprint density at radius 3 is 1.86 bits per heavy atom. The molecule has 0 fully saturated rings. The van der Waals surface area contributed by atoms with Crippen LogP contribution in [-0.2, 0) is 14.6 Å². The minimum absolute atomic E-state index is 0.220. The minimum atomic E-state index is -4.30. The molecule has 1 heterocycles. The van der Waals surface area contributed by atoms with E-state index in [4.69, 9.17) is 20.6 Å². The minimum Gasteiger partial charge on any atom is -0.415 e. The summed E-state index contributed by atoms with van der Waals surface area (Å²) in [5.41, 5.74) is 0.848. The first-order valence-corrected chi connectivity index (χ1v) is 14.0. The van der Waals surface area contributed by atoms with Crippen LogP contribution < -0.4 is 13.8 Å². The van der Waals surface area contributed by atoms with Crippen LogP contribution in [0.15, 0.2) is 108 Å². The molecule has 0 saturated heterocycles. The maximum atomic E-state index is 14.5. The molecule has 0 amide bonds. The van der Waals surface area contributed by atoms with Gasteiger partial charge in [0.25, 0.3) is 10.0 Å². The first kappa shape index (κ1) is 24.9. The second-order valence-corrected chi connectivity index (χ2v) is 11.6. The third kappa shape index (κ3) is 6.29. The van der Waals surface area contributed by atoms with Gasteiger partial charge >= 0.3 is 7.60 Å². The number of para-hydroxylation sites is 2. The maximum Gasteiger partial charge on any atom is 0.453 e. The Hall–Kier alpha value is -3.16. The van der Waals surface area contributed by atoms with E-state index in [2.05, 4.69) is 9.71 Å². The Morgan fingerprint density at radius 1 is 0.800 bits per heavy atom. The lowest BCUT2D eigenvalue weighted by Gasteiger charge is -2.28. The molecule has 0 aliphatic carbocycles. The summed E-state index contributed by atoms with van der Waals surface area (Å²) < 4.78 is 55.5. The normalized spacial score (nSPS) is 12.6. The van der Waals surface area contributed by atoms with Crippen LogP contribution in [0.4, 0.5) is 0 Å². The first-order valence-electron chi connectivity index (χ1n) is 10.6. The number of hydrogen-bond acceptors (Lipinski definition) is 6. The van der Waals surface area contributed by atoms with Gasteiger partial charge in [0.1, 0.15) is 11.5 Å². The Kier molecular flexibility index (Phi) is 7.57. The van der Waals surface area contributed by atoms with Crippen LogP contribution in [0.5, 0.6) is 11.5 Å². The van der Waals surface area contributed by atoms with Crippen molar-refractivity contribution in [1.29, 1.82) is 0 Å². The Labute approximate surface area is 209 Å². The summed E-state index contributed by atoms with van der Waals surface area (Å²) in [5.74, 6) is -0.926. The van der Waals surface area contributed by atoms with Gasteiger partial charge in [0, 0.05) is 10.7 Å². The molecule has 1 unspecified atom stereocenters. The molecule has 4 aromatic rings. The second kappa shape index (κ2) is 10.6. The van der Waals surface area contributed by atoms with Gasteiger partial charge in [-0.15, -0.1) is 0 Å². The quantitative estimate of drug-likeness (QED) is 0.254. The van der Waals surface area contributed by atoms with E-state index in [1.54, 1.807) is 104 Å². The lowest BCUT2D eigenvalue weighted by atomic mass is 10.2. The predicted octanol–water partition coefficient (Wildman–Crippen LogP) is 6.37. The van der Waals surface area contributed by atoms with E-state index < -0.39 is 23.4 Å². The van der Waals surface area contributed by atoms with Gasteiger partial charge in [-0.2, -0.15) is 4.72 Å². The highest BCUT2D eigenvalue weighted by Crippen LogP contribution is 2.59. The van der Waals surface area contributed by atoms with Crippen molar-refractivity contribution in [1.82, 2.24) is 9.71 Å². The number of halogens is 1. The highest BCUT2D eigenvalue weighted by atomic mass is 35.5. The van der Waals surface area contributed by atoms with Crippen LogP contribution in [0.1, 0.15) is 17.0 Å². The Bertz CT molecular complexity index is 1390. The van der Waals surface area contributed by atoms with Gasteiger partial charge < -0.3 is 9.05 Å². The number of nitrogens with zero attached hydrogens (tertiary/aromatic N) is 1. The van der Waals surface area contributed by atoms with Crippen molar-refractivity contribution < 1.29 is 22.0 Å². The smallest absolute Gasteiger partial charge is 0.415 e. The van der Waals surface area contributed by atoms with Gasteiger partial charge in [0.05, 0.1) is 0 Å². The molecule has 0 bridgehead atoms. The van der Waals surface area contributed by atoms with Crippen LogP contribution in [0.2, 0.25) is 5.02 Å². The zero-order valence-electron chi connectivity index (χ0n) is 18.6. The number of benzene rings is 3. The van der Waals surface area contributed by atoms with Gasteiger partial charge in [0.15, 0.2) is 10.8 Å². The number of sulfonamides is 1. The van der Waals surface area contributed by atoms with E-state index in [-0.39, 0.29) is 16.5 Å². The van der Waals surface area contributed by atoms with Crippen molar-refractivity contribution in [3.63, 3.8) is 0 Å². The van der Waals surface area contributed by atoms with Crippen molar-refractivity contribution in [2.45, 2.75) is 17.7 Å². The second-order valence-electron chi connectivity index (χ2n) is 7.54. The molecule has 1 atom stereocenters. The van der Waals surface area contributed by atoms with E-state index in [0.717, 1.165) is 0 Å². The molecule has 1 aromatic heterocycles. The van der Waals surface area contributed by atoms with E-state index in [9.17, 15) is 13.0 Å². The summed E-state index contributed by atoms with van der Waals surface area (Å²) in [6.45, 7) is 1.68. The van der Waals surface area contributed by atoms with Gasteiger partial charge in [-0.1, -0.05) is 66.2 Å². The lowest BCUT2D eigenvalue weighted by molar-refractivity contribution is 0.368. The van der Waals surface area contributed by atoms with Crippen molar-refractivity contribution in [3.05, 3.63) is 119 Å². The van der Waals surface area contributed by atoms with Gasteiger partial charge in [-0.25, -0.2) is 18.0 Å². The molecule has 35 heavy (non-hydrogen) atoms. The molecular formula is C25H22ClN2O5PS. The number of aromatic nitrogens is 1. The third-order valence-corrected chi connectivity index (χ3v) is 8.60. The van der Waals surface area contributed by atoms with Gasteiger partial charge in [-0.3, -0.25) is 0 Å². The van der Waals surface area contributed by atoms with Gasteiger partial charge in [-0.05, 0) is 61.0 Å². The molecule has 10 heteroatoms. The third-order valence-electron chi connectivity index (χ3n) is 4.86. The number of hydrogen-bond donors (Lipinski definition) is 1. The highest BCUT2D eigenvalue weighted by Gasteiger charge is 2.44. The highest BCUT2D eigenvalue weighted by molar-refractivity contribution is 7.89. The van der Waals surface area contributed by atoms with Crippen molar-refractivity contribution >= 4 is 29.2 Å². The summed E-state index contributed by atoms with van der Waals surface area (Å²) in [5, 5.41) is 0.209. The van der Waals surface area contributed by atoms with Crippen molar-refractivity contribution in [2.75, 3.05) is 0 Å². The summed E-state index contributed by atoms with van der Waals surface area (Å²) in [7, 11) is -8.53. The standard InChI is InChI=1S/C25H22ClN2O5PS/c1-19-9-8-14-24(27-19)35(30,31)28-25(20-15-17-21(26)18-16-20)34(29,32-22-10-4-2-5-11-22)33-23-12-6-3-7-13-23/h2-18,25,28H,1H3. The molecule has 0 spiro atoms. The van der Waals surface area contributed by atoms with Crippen LogP contribution in [0.3, 0.4) is 0 Å².